The van der Waals surface area contributed by atoms with E-state index in [1.807, 2.05) is 32.1 Å². The van der Waals surface area contributed by atoms with Crippen LogP contribution in [-0.2, 0) is 0 Å². The molecule has 1 fully saturated rings. The Kier molecular flexibility index (Phi) is 7.03. The molecule has 9 heteroatoms. The lowest BCUT2D eigenvalue weighted by Gasteiger charge is -2.30. The highest BCUT2D eigenvalue weighted by Gasteiger charge is 2.23. The monoisotopic (exact) mass is 436 g/mol. The van der Waals surface area contributed by atoms with Crippen LogP contribution in [-0.4, -0.2) is 42.2 Å². The molecule has 7 nitrogen and oxygen atoms in total. The summed E-state index contributed by atoms with van der Waals surface area (Å²) in [6.07, 6.45) is 5.49. The Morgan fingerprint density at radius 3 is 2.45 bits per heavy atom. The molecule has 2 aromatic rings. The molecule has 0 radical (unpaired) electrons. The van der Waals surface area contributed by atoms with Gasteiger partial charge in [0.05, 0.1) is 10.0 Å². The van der Waals surface area contributed by atoms with Gasteiger partial charge in [-0.2, -0.15) is 4.98 Å². The molecule has 1 heterocycles. The summed E-state index contributed by atoms with van der Waals surface area (Å²) in [5, 5.41) is 10.1. The van der Waals surface area contributed by atoms with Crippen molar-refractivity contribution in [2.75, 3.05) is 29.6 Å². The third-order valence-corrected chi connectivity index (χ3v) is 5.68. The summed E-state index contributed by atoms with van der Waals surface area (Å²) in [6, 6.07) is 5.20. The van der Waals surface area contributed by atoms with Gasteiger partial charge in [0.15, 0.2) is 0 Å². The van der Waals surface area contributed by atoms with Gasteiger partial charge in [-0.25, -0.2) is 9.78 Å². The van der Waals surface area contributed by atoms with Crippen LogP contribution in [0.25, 0.3) is 0 Å². The molecule has 29 heavy (non-hydrogen) atoms. The first-order valence-corrected chi connectivity index (χ1v) is 10.4. The number of aromatic nitrogens is 2. The van der Waals surface area contributed by atoms with Gasteiger partial charge in [0, 0.05) is 43.6 Å². The second-order valence-electron chi connectivity index (χ2n) is 7.51. The molecule has 0 aliphatic heterocycles. The Bertz CT molecular complexity index is 868. The van der Waals surface area contributed by atoms with Crippen molar-refractivity contribution < 1.29 is 4.79 Å². The van der Waals surface area contributed by atoms with Crippen LogP contribution in [0.15, 0.2) is 24.4 Å². The number of urea groups is 1. The normalized spacial score (nSPS) is 18.8. The molecule has 0 unspecified atom stereocenters. The summed E-state index contributed by atoms with van der Waals surface area (Å²) in [5.41, 5.74) is 1.65. The van der Waals surface area contributed by atoms with Crippen LogP contribution in [0.5, 0.6) is 0 Å². The number of halogens is 2. The minimum Gasteiger partial charge on any atom is -0.362 e. The highest BCUT2D eigenvalue weighted by Crippen LogP contribution is 2.26. The molecular formula is C20H26Cl2N6O. The largest absolute Gasteiger partial charge is 0.362 e. The van der Waals surface area contributed by atoms with Crippen molar-refractivity contribution in [2.45, 2.75) is 44.7 Å². The van der Waals surface area contributed by atoms with Gasteiger partial charge in [-0.1, -0.05) is 23.2 Å². The van der Waals surface area contributed by atoms with Gasteiger partial charge in [-0.05, 0) is 50.8 Å². The molecule has 1 aliphatic rings. The number of benzene rings is 1. The van der Waals surface area contributed by atoms with Gasteiger partial charge in [-0.15, -0.1) is 0 Å². The molecule has 0 bridgehead atoms. The molecule has 156 valence electrons. The minimum absolute atomic E-state index is 0.132. The molecular weight excluding hydrogens is 411 g/mol. The number of hydrogen-bond acceptors (Lipinski definition) is 5. The van der Waals surface area contributed by atoms with Crippen molar-refractivity contribution >= 4 is 46.7 Å². The van der Waals surface area contributed by atoms with Crippen LogP contribution in [0.4, 0.5) is 22.2 Å². The molecule has 0 saturated heterocycles. The summed E-state index contributed by atoms with van der Waals surface area (Å²) in [5.74, 6) is 1.56. The van der Waals surface area contributed by atoms with Crippen LogP contribution >= 0.6 is 23.2 Å². The van der Waals surface area contributed by atoms with Crippen LogP contribution in [0, 0.1) is 6.92 Å². The predicted octanol–water partition coefficient (Wildman–Crippen LogP) is 4.70. The summed E-state index contributed by atoms with van der Waals surface area (Å²) in [6.45, 7) is 2.00. The zero-order valence-corrected chi connectivity index (χ0v) is 18.3. The Balaban J connectivity index is 1.47. The lowest BCUT2D eigenvalue weighted by molar-refractivity contribution is 0.243. The number of aryl methyl sites for hydroxylation is 1. The van der Waals surface area contributed by atoms with Gasteiger partial charge in [0.25, 0.3) is 0 Å². The SMILES string of the molecule is Cc1cnc(N[C@H]2CC[C@@H](NC(=O)Nc3ccc(Cl)c(Cl)c3)CC2)nc1N(C)C. The summed E-state index contributed by atoms with van der Waals surface area (Å²) in [4.78, 5) is 23.2. The van der Waals surface area contributed by atoms with Crippen molar-refractivity contribution in [3.63, 3.8) is 0 Å². The summed E-state index contributed by atoms with van der Waals surface area (Å²) < 4.78 is 0. The van der Waals surface area contributed by atoms with E-state index in [1.54, 1.807) is 18.2 Å². The highest BCUT2D eigenvalue weighted by atomic mass is 35.5. The summed E-state index contributed by atoms with van der Waals surface area (Å²) in [7, 11) is 3.94. The number of rotatable bonds is 5. The number of carbonyl (C=O) groups is 1. The predicted molar refractivity (Wildman–Crippen MR) is 119 cm³/mol. The smallest absolute Gasteiger partial charge is 0.319 e. The third kappa shape index (κ3) is 5.87. The fourth-order valence-corrected chi connectivity index (χ4v) is 3.74. The van der Waals surface area contributed by atoms with E-state index in [0.29, 0.717) is 27.7 Å². The van der Waals surface area contributed by atoms with E-state index in [1.165, 1.54) is 0 Å². The minimum atomic E-state index is -0.239. The number of carbonyl (C=O) groups excluding carboxylic acids is 1. The molecule has 3 N–H and O–H groups in total. The first kappa shape index (κ1) is 21.5. The van der Waals surface area contributed by atoms with E-state index < -0.39 is 0 Å². The zero-order chi connectivity index (χ0) is 21.0. The average Bonchev–Trinajstić information content (AvgIpc) is 2.67. The summed E-state index contributed by atoms with van der Waals surface area (Å²) >= 11 is 11.9. The Morgan fingerprint density at radius 2 is 1.79 bits per heavy atom. The Morgan fingerprint density at radius 1 is 1.10 bits per heavy atom. The fourth-order valence-electron chi connectivity index (χ4n) is 3.45. The van der Waals surface area contributed by atoms with Crippen molar-refractivity contribution in [2.24, 2.45) is 0 Å². The maximum atomic E-state index is 12.2. The highest BCUT2D eigenvalue weighted by molar-refractivity contribution is 6.42. The average molecular weight is 437 g/mol. The van der Waals surface area contributed by atoms with E-state index in [0.717, 1.165) is 37.1 Å². The maximum absolute atomic E-state index is 12.2. The maximum Gasteiger partial charge on any atom is 0.319 e. The third-order valence-electron chi connectivity index (χ3n) is 4.94. The second-order valence-corrected chi connectivity index (χ2v) is 8.33. The van der Waals surface area contributed by atoms with Gasteiger partial charge in [0.2, 0.25) is 5.95 Å². The van der Waals surface area contributed by atoms with Crippen molar-refractivity contribution in [3.05, 3.63) is 40.0 Å². The van der Waals surface area contributed by atoms with Gasteiger partial charge in [0.1, 0.15) is 5.82 Å². The van der Waals surface area contributed by atoms with Crippen LogP contribution in [0.3, 0.4) is 0 Å². The molecule has 1 saturated carbocycles. The topological polar surface area (TPSA) is 82.2 Å². The van der Waals surface area contributed by atoms with Crippen molar-refractivity contribution in [1.29, 1.82) is 0 Å². The van der Waals surface area contributed by atoms with Gasteiger partial charge < -0.3 is 20.9 Å². The lowest BCUT2D eigenvalue weighted by Crippen LogP contribution is -2.42. The number of nitrogens with zero attached hydrogens (tertiary/aromatic N) is 3. The van der Waals surface area contributed by atoms with Gasteiger partial charge in [-0.3, -0.25) is 0 Å². The van der Waals surface area contributed by atoms with E-state index in [-0.39, 0.29) is 12.1 Å². The fraction of sp³-hybridized carbons (Fsp3) is 0.450. The second kappa shape index (κ2) is 9.50. The van der Waals surface area contributed by atoms with E-state index >= 15 is 0 Å². The number of anilines is 3. The van der Waals surface area contributed by atoms with E-state index in [9.17, 15) is 4.79 Å². The molecule has 0 atom stereocenters. The number of nitrogens with one attached hydrogen (secondary N) is 3. The van der Waals surface area contributed by atoms with E-state index in [2.05, 4.69) is 25.9 Å². The standard InChI is InChI=1S/C20H26Cl2N6O/c1-12-11-23-19(27-18(12)28(2)3)24-13-4-6-14(7-5-13)25-20(29)26-15-8-9-16(21)17(22)10-15/h8-11,13-14H,4-7H2,1-3H3,(H,23,24,27)(H2,25,26,29)/t13-,14+. The molecule has 0 spiro atoms. The Hall–Kier alpha value is -2.25. The van der Waals surface area contributed by atoms with Crippen molar-refractivity contribution in [3.8, 4) is 0 Å². The first-order valence-electron chi connectivity index (χ1n) is 9.62. The molecule has 2 amide bonds. The molecule has 1 aliphatic carbocycles. The molecule has 3 rings (SSSR count). The quantitative estimate of drug-likeness (QED) is 0.632. The Labute approximate surface area is 181 Å². The number of hydrogen-bond donors (Lipinski definition) is 3. The van der Waals surface area contributed by atoms with Crippen LogP contribution in [0.1, 0.15) is 31.2 Å². The van der Waals surface area contributed by atoms with Crippen LogP contribution < -0.4 is 20.9 Å². The number of amides is 2. The molecule has 1 aromatic heterocycles. The van der Waals surface area contributed by atoms with Crippen LogP contribution in [0.2, 0.25) is 10.0 Å². The van der Waals surface area contributed by atoms with Gasteiger partial charge >= 0.3 is 6.03 Å². The molecule has 1 aromatic carbocycles. The zero-order valence-electron chi connectivity index (χ0n) is 16.8. The van der Waals surface area contributed by atoms with E-state index in [4.69, 9.17) is 23.2 Å². The first-order chi connectivity index (χ1) is 13.8. The lowest BCUT2D eigenvalue weighted by atomic mass is 9.91. The van der Waals surface area contributed by atoms with Crippen molar-refractivity contribution in [1.82, 2.24) is 15.3 Å².